The Kier molecular flexibility index (Phi) is 2.19. The topological polar surface area (TPSA) is 68.9 Å². The highest BCUT2D eigenvalue weighted by atomic mass is 19.1. The van der Waals surface area contributed by atoms with Crippen molar-refractivity contribution >= 4 is 11.0 Å². The first-order valence-corrected chi connectivity index (χ1v) is 5.35. The van der Waals surface area contributed by atoms with E-state index in [9.17, 15) is 14.3 Å². The normalized spacial score (nSPS) is 10.9. The minimum atomic E-state index is -0.411. The quantitative estimate of drug-likeness (QED) is 0.615. The molecule has 0 atom stereocenters. The van der Waals surface area contributed by atoms with E-state index in [-0.39, 0.29) is 11.3 Å². The third-order valence-corrected chi connectivity index (χ3v) is 2.83. The Morgan fingerprint density at radius 3 is 2.56 bits per heavy atom. The predicted molar refractivity (Wildman–Crippen MR) is 66.0 cm³/mol. The van der Waals surface area contributed by atoms with Crippen LogP contribution in [0, 0.1) is 5.82 Å². The zero-order chi connectivity index (χ0) is 12.7. The van der Waals surface area contributed by atoms with Crippen molar-refractivity contribution in [2.75, 3.05) is 0 Å². The zero-order valence-electron chi connectivity index (χ0n) is 9.20. The van der Waals surface area contributed by atoms with Crippen molar-refractivity contribution in [2.24, 2.45) is 0 Å². The number of nitrogens with one attached hydrogen (secondary N) is 2. The van der Waals surface area contributed by atoms with Gasteiger partial charge in [0.15, 0.2) is 5.75 Å². The number of hydrogen-bond acceptors (Lipinski definition) is 2. The van der Waals surface area contributed by atoms with Gasteiger partial charge in [-0.3, -0.25) is 4.79 Å². The molecule has 4 nitrogen and oxygen atoms in total. The Bertz CT molecular complexity index is 772. The third-order valence-electron chi connectivity index (χ3n) is 2.83. The zero-order valence-corrected chi connectivity index (χ0v) is 9.20. The van der Waals surface area contributed by atoms with Gasteiger partial charge in [0.25, 0.3) is 5.56 Å². The molecule has 3 aromatic rings. The molecule has 3 N–H and O–H groups in total. The Balaban J connectivity index is 2.34. The van der Waals surface area contributed by atoms with Gasteiger partial charge in [-0.25, -0.2) is 4.39 Å². The smallest absolute Gasteiger partial charge is 0.260 e. The summed E-state index contributed by atoms with van der Waals surface area (Å²) in [6.45, 7) is 0. The molecule has 0 aliphatic carbocycles. The summed E-state index contributed by atoms with van der Waals surface area (Å²) in [5.41, 5.74) is 1.17. The van der Waals surface area contributed by atoms with Gasteiger partial charge in [0, 0.05) is 6.20 Å². The van der Waals surface area contributed by atoms with Crippen LogP contribution in [0.25, 0.3) is 22.2 Å². The summed E-state index contributed by atoms with van der Waals surface area (Å²) < 4.78 is 12.9. The maximum absolute atomic E-state index is 12.9. The third kappa shape index (κ3) is 1.48. The van der Waals surface area contributed by atoms with Crippen molar-refractivity contribution in [3.05, 3.63) is 52.7 Å². The van der Waals surface area contributed by atoms with Crippen LogP contribution in [0.15, 0.2) is 41.3 Å². The molecule has 0 saturated heterocycles. The lowest BCUT2D eigenvalue weighted by molar-refractivity contribution is 0.481. The number of hydrogen-bond donors (Lipinski definition) is 3. The number of benzene rings is 1. The Labute approximate surface area is 101 Å². The molecule has 0 bridgehead atoms. The van der Waals surface area contributed by atoms with E-state index in [1.807, 2.05) is 0 Å². The monoisotopic (exact) mass is 244 g/mol. The van der Waals surface area contributed by atoms with Gasteiger partial charge < -0.3 is 15.1 Å². The molecule has 5 heteroatoms. The molecule has 1 aromatic carbocycles. The first-order valence-electron chi connectivity index (χ1n) is 5.35. The maximum atomic E-state index is 12.9. The van der Waals surface area contributed by atoms with E-state index in [1.54, 1.807) is 12.3 Å². The second-order valence-electron chi connectivity index (χ2n) is 3.95. The number of halogens is 1. The largest absolute Gasteiger partial charge is 0.505 e. The molecule has 18 heavy (non-hydrogen) atoms. The molecule has 2 aromatic heterocycles. The van der Waals surface area contributed by atoms with Crippen molar-refractivity contribution in [2.45, 2.75) is 0 Å². The number of rotatable bonds is 1. The number of aromatic hydroxyl groups is 1. The van der Waals surface area contributed by atoms with Crippen LogP contribution in [0.5, 0.6) is 5.75 Å². The Morgan fingerprint density at radius 2 is 1.83 bits per heavy atom. The molecule has 0 spiro atoms. The van der Waals surface area contributed by atoms with Crippen LogP contribution in [0.2, 0.25) is 0 Å². The van der Waals surface area contributed by atoms with E-state index in [0.717, 1.165) is 0 Å². The van der Waals surface area contributed by atoms with Gasteiger partial charge in [0.2, 0.25) is 0 Å². The van der Waals surface area contributed by atoms with Gasteiger partial charge in [-0.1, -0.05) is 12.1 Å². The average molecular weight is 244 g/mol. The van der Waals surface area contributed by atoms with Gasteiger partial charge >= 0.3 is 0 Å². The van der Waals surface area contributed by atoms with Crippen molar-refractivity contribution in [3.63, 3.8) is 0 Å². The molecule has 0 fully saturated rings. The molecular weight excluding hydrogens is 235 g/mol. The summed E-state index contributed by atoms with van der Waals surface area (Å²) in [6, 6.07) is 7.05. The van der Waals surface area contributed by atoms with Crippen LogP contribution in [-0.4, -0.2) is 15.1 Å². The summed E-state index contributed by atoms with van der Waals surface area (Å²) in [4.78, 5) is 17.4. The second kappa shape index (κ2) is 3.73. The first-order chi connectivity index (χ1) is 8.66. The van der Waals surface area contributed by atoms with Gasteiger partial charge in [0.1, 0.15) is 11.3 Å². The lowest BCUT2D eigenvalue weighted by Crippen LogP contribution is -2.08. The van der Waals surface area contributed by atoms with E-state index in [1.165, 1.54) is 24.3 Å². The SMILES string of the molecule is O=c1[nH]c2cc[nH]c2c(O)c1-c1ccc(F)cc1. The van der Waals surface area contributed by atoms with Gasteiger partial charge in [-0.05, 0) is 23.8 Å². The highest BCUT2D eigenvalue weighted by Gasteiger charge is 2.14. The summed E-state index contributed by atoms with van der Waals surface area (Å²) in [5.74, 6) is -0.527. The molecule has 90 valence electrons. The van der Waals surface area contributed by atoms with Crippen LogP contribution in [0.4, 0.5) is 4.39 Å². The number of fused-ring (bicyclic) bond motifs is 1. The Hall–Kier alpha value is -2.56. The number of aromatic nitrogens is 2. The van der Waals surface area contributed by atoms with E-state index >= 15 is 0 Å². The highest BCUT2D eigenvalue weighted by Crippen LogP contribution is 2.30. The molecule has 0 aliphatic rings. The van der Waals surface area contributed by atoms with Crippen LogP contribution in [0.1, 0.15) is 0 Å². The summed E-state index contributed by atoms with van der Waals surface area (Å²) in [5, 5.41) is 10.1. The van der Waals surface area contributed by atoms with E-state index < -0.39 is 11.4 Å². The highest BCUT2D eigenvalue weighted by molar-refractivity contribution is 5.88. The summed E-state index contributed by atoms with van der Waals surface area (Å²) in [6.07, 6.45) is 1.62. The van der Waals surface area contributed by atoms with Crippen LogP contribution in [-0.2, 0) is 0 Å². The molecule has 3 rings (SSSR count). The lowest BCUT2D eigenvalue weighted by Gasteiger charge is -2.05. The maximum Gasteiger partial charge on any atom is 0.260 e. The van der Waals surface area contributed by atoms with Crippen molar-refractivity contribution in [1.29, 1.82) is 0 Å². The standard InChI is InChI=1S/C13H9FN2O2/c14-8-3-1-7(2-4-8)10-12(17)11-9(5-6-15-11)16-13(10)18/h1-6,15H,(H2,16,17,18). The fourth-order valence-electron chi connectivity index (χ4n) is 1.97. The molecule has 0 unspecified atom stereocenters. The average Bonchev–Trinajstić information content (AvgIpc) is 2.80. The van der Waals surface area contributed by atoms with Gasteiger partial charge in [-0.2, -0.15) is 0 Å². The molecule has 0 radical (unpaired) electrons. The van der Waals surface area contributed by atoms with E-state index in [0.29, 0.717) is 16.6 Å². The van der Waals surface area contributed by atoms with Gasteiger partial charge in [0.05, 0.1) is 11.1 Å². The number of H-pyrrole nitrogens is 2. The lowest BCUT2D eigenvalue weighted by atomic mass is 10.1. The van der Waals surface area contributed by atoms with E-state index in [4.69, 9.17) is 0 Å². The van der Waals surface area contributed by atoms with Crippen LogP contribution < -0.4 is 5.56 Å². The van der Waals surface area contributed by atoms with Crippen LogP contribution >= 0.6 is 0 Å². The molecule has 0 amide bonds. The molecular formula is C13H9FN2O2. The second-order valence-corrected chi connectivity index (χ2v) is 3.95. The molecule has 2 heterocycles. The molecule has 0 saturated carbocycles. The summed E-state index contributed by atoms with van der Waals surface area (Å²) in [7, 11) is 0. The summed E-state index contributed by atoms with van der Waals surface area (Å²) >= 11 is 0. The van der Waals surface area contributed by atoms with Crippen LogP contribution in [0.3, 0.4) is 0 Å². The van der Waals surface area contributed by atoms with Crippen molar-refractivity contribution in [3.8, 4) is 16.9 Å². The first kappa shape index (κ1) is 10.6. The van der Waals surface area contributed by atoms with Crippen molar-refractivity contribution in [1.82, 2.24) is 9.97 Å². The minimum absolute atomic E-state index is 0.130. The van der Waals surface area contributed by atoms with Crippen molar-refractivity contribution < 1.29 is 9.50 Å². The number of pyridine rings is 1. The minimum Gasteiger partial charge on any atom is -0.505 e. The van der Waals surface area contributed by atoms with E-state index in [2.05, 4.69) is 9.97 Å². The van der Waals surface area contributed by atoms with Gasteiger partial charge in [-0.15, -0.1) is 0 Å². The predicted octanol–water partition coefficient (Wildman–Crippen LogP) is 2.37. The fourth-order valence-corrected chi connectivity index (χ4v) is 1.97. The molecule has 0 aliphatic heterocycles. The number of aromatic amines is 2. The Morgan fingerprint density at radius 1 is 1.11 bits per heavy atom. The fraction of sp³-hybridized carbons (Fsp3) is 0.